The van der Waals surface area contributed by atoms with Gasteiger partial charge < -0.3 is 15.5 Å². The average molecular weight is 428 g/mol. The van der Waals surface area contributed by atoms with E-state index in [0.717, 1.165) is 37.9 Å². The second kappa shape index (κ2) is 10.6. The highest BCUT2D eigenvalue weighted by atomic mass is 35.5. The van der Waals surface area contributed by atoms with Gasteiger partial charge in [0.25, 0.3) is 0 Å². The number of halogens is 1. The maximum Gasteiger partial charge on any atom is 0.223 e. The van der Waals surface area contributed by atoms with Crippen molar-refractivity contribution in [2.24, 2.45) is 5.92 Å². The van der Waals surface area contributed by atoms with Crippen molar-refractivity contribution in [3.05, 3.63) is 70.8 Å². The van der Waals surface area contributed by atoms with Gasteiger partial charge in [0.05, 0.1) is 0 Å². The van der Waals surface area contributed by atoms with Crippen LogP contribution in [0.1, 0.15) is 41.5 Å². The van der Waals surface area contributed by atoms with Crippen LogP contribution < -0.4 is 10.6 Å². The van der Waals surface area contributed by atoms with E-state index >= 15 is 0 Å². The summed E-state index contributed by atoms with van der Waals surface area (Å²) in [7, 11) is 0. The minimum Gasteiger partial charge on any atom is -0.352 e. The molecule has 2 heterocycles. The predicted molar refractivity (Wildman–Crippen MR) is 120 cm³/mol. The van der Waals surface area contributed by atoms with Gasteiger partial charge in [-0.1, -0.05) is 48.5 Å². The SMILES string of the molecule is Cl.O=C(NCc1ccc2c(c1)CNC2)C1CCN(C(=O)CCc2ccccc2)CC1. The van der Waals surface area contributed by atoms with Crippen molar-refractivity contribution in [2.75, 3.05) is 13.1 Å². The highest BCUT2D eigenvalue weighted by Gasteiger charge is 2.27. The van der Waals surface area contributed by atoms with Gasteiger partial charge in [0, 0.05) is 45.1 Å². The zero-order chi connectivity index (χ0) is 20.1. The summed E-state index contributed by atoms with van der Waals surface area (Å²) >= 11 is 0. The maximum absolute atomic E-state index is 12.6. The fourth-order valence-corrected chi connectivity index (χ4v) is 4.24. The van der Waals surface area contributed by atoms with Gasteiger partial charge >= 0.3 is 0 Å². The van der Waals surface area contributed by atoms with Crippen LogP contribution in [0.3, 0.4) is 0 Å². The molecule has 0 aliphatic carbocycles. The number of hydrogen-bond donors (Lipinski definition) is 2. The second-order valence-corrected chi connectivity index (χ2v) is 8.07. The number of benzene rings is 2. The van der Waals surface area contributed by atoms with Crippen molar-refractivity contribution < 1.29 is 9.59 Å². The van der Waals surface area contributed by atoms with Crippen LogP contribution >= 0.6 is 12.4 Å². The lowest BCUT2D eigenvalue weighted by molar-refractivity contribution is -0.135. The lowest BCUT2D eigenvalue weighted by Gasteiger charge is -2.31. The van der Waals surface area contributed by atoms with Crippen LogP contribution in [0, 0.1) is 5.92 Å². The third-order valence-electron chi connectivity index (χ3n) is 6.06. The van der Waals surface area contributed by atoms with Crippen molar-refractivity contribution in [2.45, 2.75) is 45.3 Å². The number of carbonyl (C=O) groups is 2. The minimum atomic E-state index is 0. The molecule has 160 valence electrons. The Morgan fingerprint density at radius 1 is 0.967 bits per heavy atom. The molecule has 2 aliphatic rings. The van der Waals surface area contributed by atoms with Gasteiger partial charge in [0.1, 0.15) is 0 Å². The first kappa shape index (κ1) is 22.3. The monoisotopic (exact) mass is 427 g/mol. The third-order valence-corrected chi connectivity index (χ3v) is 6.06. The van der Waals surface area contributed by atoms with Crippen molar-refractivity contribution in [1.29, 1.82) is 0 Å². The fourth-order valence-electron chi connectivity index (χ4n) is 4.24. The molecule has 5 nitrogen and oxygen atoms in total. The Balaban J connectivity index is 0.00000256. The zero-order valence-corrected chi connectivity index (χ0v) is 18.0. The molecule has 0 atom stereocenters. The Labute approximate surface area is 184 Å². The van der Waals surface area contributed by atoms with E-state index in [1.807, 2.05) is 23.1 Å². The predicted octanol–water partition coefficient (Wildman–Crippen LogP) is 3.20. The second-order valence-electron chi connectivity index (χ2n) is 8.07. The first-order chi connectivity index (χ1) is 14.2. The van der Waals surface area contributed by atoms with Crippen LogP contribution in [0.4, 0.5) is 0 Å². The molecule has 0 saturated carbocycles. The van der Waals surface area contributed by atoms with E-state index in [1.54, 1.807) is 0 Å². The summed E-state index contributed by atoms with van der Waals surface area (Å²) in [6.07, 6.45) is 2.80. The van der Waals surface area contributed by atoms with Crippen molar-refractivity contribution >= 4 is 24.2 Å². The number of nitrogens with one attached hydrogen (secondary N) is 2. The van der Waals surface area contributed by atoms with E-state index < -0.39 is 0 Å². The maximum atomic E-state index is 12.6. The van der Waals surface area contributed by atoms with Crippen LogP contribution in [-0.2, 0) is 35.6 Å². The molecule has 30 heavy (non-hydrogen) atoms. The molecule has 1 fully saturated rings. The molecule has 0 bridgehead atoms. The van der Waals surface area contributed by atoms with E-state index in [1.165, 1.54) is 16.7 Å². The first-order valence-electron chi connectivity index (χ1n) is 10.6. The molecule has 2 aliphatic heterocycles. The number of aryl methyl sites for hydroxylation is 1. The molecule has 2 aromatic rings. The summed E-state index contributed by atoms with van der Waals surface area (Å²) in [5.41, 5.74) is 5.02. The molecule has 0 spiro atoms. The van der Waals surface area contributed by atoms with E-state index in [-0.39, 0.29) is 30.1 Å². The summed E-state index contributed by atoms with van der Waals surface area (Å²) in [6.45, 7) is 3.77. The Bertz CT molecular complexity index is 864. The molecule has 0 radical (unpaired) electrons. The summed E-state index contributed by atoms with van der Waals surface area (Å²) in [6, 6.07) is 16.5. The average Bonchev–Trinajstić information content (AvgIpc) is 3.24. The largest absolute Gasteiger partial charge is 0.352 e. The van der Waals surface area contributed by atoms with Crippen molar-refractivity contribution in [1.82, 2.24) is 15.5 Å². The summed E-state index contributed by atoms with van der Waals surface area (Å²) in [5, 5.41) is 6.43. The number of rotatable bonds is 6. The van der Waals surface area contributed by atoms with E-state index in [0.29, 0.717) is 26.1 Å². The normalized spacial score (nSPS) is 15.9. The van der Waals surface area contributed by atoms with Gasteiger partial charge in [0.2, 0.25) is 11.8 Å². The summed E-state index contributed by atoms with van der Waals surface area (Å²) in [5.74, 6) is 0.309. The Morgan fingerprint density at radius 2 is 1.70 bits per heavy atom. The van der Waals surface area contributed by atoms with Crippen LogP contribution in [0.5, 0.6) is 0 Å². The number of hydrogen-bond acceptors (Lipinski definition) is 3. The molecular formula is C24H30ClN3O2. The summed E-state index contributed by atoms with van der Waals surface area (Å²) < 4.78 is 0. The van der Waals surface area contributed by atoms with Gasteiger partial charge in [-0.15, -0.1) is 12.4 Å². The van der Waals surface area contributed by atoms with Crippen molar-refractivity contribution in [3.63, 3.8) is 0 Å². The van der Waals surface area contributed by atoms with Crippen LogP contribution in [-0.4, -0.2) is 29.8 Å². The molecule has 0 aromatic heterocycles. The number of piperidine rings is 1. The fraction of sp³-hybridized carbons (Fsp3) is 0.417. The molecular weight excluding hydrogens is 398 g/mol. The quantitative estimate of drug-likeness (QED) is 0.744. The molecule has 6 heteroatoms. The molecule has 0 unspecified atom stereocenters. The Kier molecular flexibility index (Phi) is 7.88. The molecule has 4 rings (SSSR count). The van der Waals surface area contributed by atoms with Gasteiger partial charge in [-0.2, -0.15) is 0 Å². The van der Waals surface area contributed by atoms with E-state index in [9.17, 15) is 9.59 Å². The lowest BCUT2D eigenvalue weighted by atomic mass is 9.95. The van der Waals surface area contributed by atoms with Crippen LogP contribution in [0.15, 0.2) is 48.5 Å². The Morgan fingerprint density at radius 3 is 2.47 bits per heavy atom. The minimum absolute atomic E-state index is 0. The van der Waals surface area contributed by atoms with Gasteiger partial charge in [-0.25, -0.2) is 0 Å². The molecule has 2 aromatic carbocycles. The number of fused-ring (bicyclic) bond motifs is 1. The number of amides is 2. The standard InChI is InChI=1S/C24H29N3O2.ClH/c28-23(9-7-18-4-2-1-3-5-18)27-12-10-20(11-13-27)24(29)26-15-19-6-8-21-16-25-17-22(21)14-19;/h1-6,8,14,20,25H,7,9-13,15-17H2,(H,26,29);1H. The number of nitrogens with zero attached hydrogens (tertiary/aromatic N) is 1. The first-order valence-corrected chi connectivity index (χ1v) is 10.6. The molecule has 2 N–H and O–H groups in total. The molecule has 2 amide bonds. The zero-order valence-electron chi connectivity index (χ0n) is 17.2. The summed E-state index contributed by atoms with van der Waals surface area (Å²) in [4.78, 5) is 27.0. The highest BCUT2D eigenvalue weighted by Crippen LogP contribution is 2.20. The van der Waals surface area contributed by atoms with E-state index in [2.05, 4.69) is 41.0 Å². The number of likely N-dealkylation sites (tertiary alicyclic amines) is 1. The smallest absolute Gasteiger partial charge is 0.223 e. The topological polar surface area (TPSA) is 61.4 Å². The van der Waals surface area contributed by atoms with Gasteiger partial charge in [0.15, 0.2) is 0 Å². The number of carbonyl (C=O) groups excluding carboxylic acids is 2. The molecule has 1 saturated heterocycles. The van der Waals surface area contributed by atoms with Gasteiger partial charge in [-0.05, 0) is 41.5 Å². The van der Waals surface area contributed by atoms with E-state index in [4.69, 9.17) is 0 Å². The van der Waals surface area contributed by atoms with Crippen LogP contribution in [0.2, 0.25) is 0 Å². The highest BCUT2D eigenvalue weighted by molar-refractivity contribution is 5.85. The Hall–Kier alpha value is -2.37. The lowest BCUT2D eigenvalue weighted by Crippen LogP contribution is -2.43. The van der Waals surface area contributed by atoms with Crippen molar-refractivity contribution in [3.8, 4) is 0 Å². The third kappa shape index (κ3) is 5.61. The van der Waals surface area contributed by atoms with Crippen LogP contribution in [0.25, 0.3) is 0 Å². The van der Waals surface area contributed by atoms with Gasteiger partial charge in [-0.3, -0.25) is 9.59 Å².